The van der Waals surface area contributed by atoms with Crippen LogP contribution in [0.3, 0.4) is 0 Å². The molecule has 1 aromatic carbocycles. The van der Waals surface area contributed by atoms with Crippen molar-refractivity contribution in [1.29, 1.82) is 0 Å². The predicted molar refractivity (Wildman–Crippen MR) is 105 cm³/mol. The Bertz CT molecular complexity index is 755. The van der Waals surface area contributed by atoms with E-state index in [2.05, 4.69) is 27.4 Å². The molecule has 1 saturated carbocycles. The lowest BCUT2D eigenvalue weighted by Gasteiger charge is -2.38. The lowest BCUT2D eigenvalue weighted by Crippen LogP contribution is -2.52. The van der Waals surface area contributed by atoms with E-state index in [0.29, 0.717) is 19.1 Å². The minimum atomic E-state index is -0.480. The first-order valence-corrected chi connectivity index (χ1v) is 10.1. The molecular formula is C22H27N3O3. The van der Waals surface area contributed by atoms with Crippen LogP contribution in [-0.4, -0.2) is 41.2 Å². The Balaban J connectivity index is 1.36. The second-order valence-electron chi connectivity index (χ2n) is 7.67. The van der Waals surface area contributed by atoms with E-state index in [1.165, 1.54) is 0 Å². The summed E-state index contributed by atoms with van der Waals surface area (Å²) in [6, 6.07) is 10.3. The van der Waals surface area contributed by atoms with Gasteiger partial charge in [0.1, 0.15) is 6.10 Å². The van der Waals surface area contributed by atoms with Crippen LogP contribution in [0.4, 0.5) is 0 Å². The molecule has 0 atom stereocenters. The van der Waals surface area contributed by atoms with Crippen molar-refractivity contribution in [2.24, 2.45) is 0 Å². The smallest absolute Gasteiger partial charge is 0.232 e. The van der Waals surface area contributed by atoms with Gasteiger partial charge in [0.2, 0.25) is 11.8 Å². The monoisotopic (exact) mass is 381 g/mol. The summed E-state index contributed by atoms with van der Waals surface area (Å²) in [4.78, 5) is 21.6. The minimum absolute atomic E-state index is 0.135. The number of amides is 1. The van der Waals surface area contributed by atoms with Crippen LogP contribution in [0.2, 0.25) is 0 Å². The first-order chi connectivity index (χ1) is 13.8. The molecule has 4 rings (SSSR count). The van der Waals surface area contributed by atoms with Crippen LogP contribution in [0.1, 0.15) is 44.1 Å². The van der Waals surface area contributed by atoms with Crippen molar-refractivity contribution in [3.63, 3.8) is 0 Å². The van der Waals surface area contributed by atoms with Crippen LogP contribution in [0.25, 0.3) is 0 Å². The number of ether oxygens (including phenoxy) is 2. The number of benzene rings is 1. The first-order valence-electron chi connectivity index (χ1n) is 10.1. The molecule has 0 spiro atoms. The molecule has 0 unspecified atom stereocenters. The van der Waals surface area contributed by atoms with Crippen LogP contribution >= 0.6 is 0 Å². The maximum Gasteiger partial charge on any atom is 0.232 e. The highest BCUT2D eigenvalue weighted by atomic mass is 16.5. The molecule has 2 aromatic rings. The highest BCUT2D eigenvalue weighted by Gasteiger charge is 2.42. The Morgan fingerprint density at radius 3 is 2.50 bits per heavy atom. The largest absolute Gasteiger partial charge is 0.473 e. The third kappa shape index (κ3) is 4.17. The molecule has 1 amide bonds. The van der Waals surface area contributed by atoms with Gasteiger partial charge in [-0.2, -0.15) is 0 Å². The second-order valence-corrected chi connectivity index (χ2v) is 7.67. The van der Waals surface area contributed by atoms with Crippen LogP contribution in [0, 0.1) is 0 Å². The van der Waals surface area contributed by atoms with Gasteiger partial charge in [0, 0.05) is 31.6 Å². The summed E-state index contributed by atoms with van der Waals surface area (Å²) in [6.07, 6.45) is 10.2. The molecule has 148 valence electrons. The molecule has 0 radical (unpaired) electrons. The van der Waals surface area contributed by atoms with Crippen molar-refractivity contribution in [3.05, 3.63) is 54.5 Å². The van der Waals surface area contributed by atoms with Gasteiger partial charge in [-0.15, -0.1) is 0 Å². The lowest BCUT2D eigenvalue weighted by molar-refractivity contribution is -0.131. The number of hydrogen-bond acceptors (Lipinski definition) is 5. The number of carbonyl (C=O) groups is 1. The van der Waals surface area contributed by atoms with E-state index >= 15 is 0 Å². The molecule has 2 fully saturated rings. The number of hydrogen-bond donors (Lipinski definition) is 1. The molecule has 0 bridgehead atoms. The summed E-state index contributed by atoms with van der Waals surface area (Å²) in [5.41, 5.74) is 0.613. The van der Waals surface area contributed by atoms with Gasteiger partial charge in [0.25, 0.3) is 0 Å². The Morgan fingerprint density at radius 2 is 1.82 bits per heavy atom. The zero-order valence-corrected chi connectivity index (χ0v) is 16.0. The third-order valence-electron chi connectivity index (χ3n) is 5.94. The summed E-state index contributed by atoms with van der Waals surface area (Å²) in [5.74, 6) is 0.709. The first kappa shape index (κ1) is 18.9. The Hall–Kier alpha value is -2.47. The average Bonchev–Trinajstić information content (AvgIpc) is 2.77. The summed E-state index contributed by atoms with van der Waals surface area (Å²) < 4.78 is 11.5. The van der Waals surface area contributed by atoms with Crippen molar-refractivity contribution in [2.75, 3.05) is 13.2 Å². The van der Waals surface area contributed by atoms with Crippen LogP contribution < -0.4 is 10.1 Å². The molecule has 1 aliphatic heterocycles. The number of nitrogens with one attached hydrogen (secondary N) is 1. The fourth-order valence-electron chi connectivity index (χ4n) is 4.29. The van der Waals surface area contributed by atoms with E-state index in [0.717, 1.165) is 44.1 Å². The van der Waals surface area contributed by atoms with Crippen LogP contribution in [-0.2, 0) is 14.9 Å². The zero-order chi connectivity index (χ0) is 19.2. The van der Waals surface area contributed by atoms with Crippen molar-refractivity contribution in [3.8, 4) is 5.88 Å². The standard InChI is InChI=1S/C22H27N3O3/c26-21(22(10-14-27-15-11-22)17-4-2-1-3-5-17)25-18-6-8-19(9-7-18)28-20-16-23-12-13-24-20/h1-5,12-13,16,18-19H,6-11,14-15H2,(H,25,26). The summed E-state index contributed by atoms with van der Waals surface area (Å²) >= 11 is 0. The maximum absolute atomic E-state index is 13.3. The van der Waals surface area contributed by atoms with Gasteiger partial charge in [0.15, 0.2) is 0 Å². The SMILES string of the molecule is O=C(NC1CCC(Oc2cnccn2)CC1)C1(c2ccccc2)CCOCC1. The predicted octanol–water partition coefficient (Wildman–Crippen LogP) is 3.03. The molecule has 1 aliphatic carbocycles. The number of nitrogens with zero attached hydrogens (tertiary/aromatic N) is 2. The Morgan fingerprint density at radius 1 is 1.07 bits per heavy atom. The number of rotatable bonds is 5. The van der Waals surface area contributed by atoms with Crippen molar-refractivity contribution in [2.45, 2.75) is 56.1 Å². The van der Waals surface area contributed by atoms with Crippen LogP contribution in [0.5, 0.6) is 5.88 Å². The Kier molecular flexibility index (Phi) is 5.86. The van der Waals surface area contributed by atoms with Gasteiger partial charge < -0.3 is 14.8 Å². The molecule has 1 saturated heterocycles. The maximum atomic E-state index is 13.3. The molecule has 28 heavy (non-hydrogen) atoms. The highest BCUT2D eigenvalue weighted by Crippen LogP contribution is 2.36. The fourth-order valence-corrected chi connectivity index (χ4v) is 4.29. The summed E-state index contributed by atoms with van der Waals surface area (Å²) in [5, 5.41) is 3.33. The van der Waals surface area contributed by atoms with E-state index in [9.17, 15) is 4.79 Å². The van der Waals surface area contributed by atoms with Gasteiger partial charge in [-0.1, -0.05) is 30.3 Å². The fraction of sp³-hybridized carbons (Fsp3) is 0.500. The zero-order valence-electron chi connectivity index (χ0n) is 16.0. The van der Waals surface area contributed by atoms with Gasteiger partial charge in [0.05, 0.1) is 11.6 Å². The van der Waals surface area contributed by atoms with Gasteiger partial charge in [-0.25, -0.2) is 4.98 Å². The average molecular weight is 381 g/mol. The van der Waals surface area contributed by atoms with Gasteiger partial charge in [-0.05, 0) is 44.1 Å². The summed E-state index contributed by atoms with van der Waals surface area (Å²) in [7, 11) is 0. The van der Waals surface area contributed by atoms with Gasteiger partial charge >= 0.3 is 0 Å². The molecule has 2 heterocycles. The van der Waals surface area contributed by atoms with Crippen LogP contribution in [0.15, 0.2) is 48.9 Å². The van der Waals surface area contributed by atoms with Gasteiger partial charge in [-0.3, -0.25) is 9.78 Å². The molecular weight excluding hydrogens is 354 g/mol. The van der Waals surface area contributed by atoms with Crippen molar-refractivity contribution < 1.29 is 14.3 Å². The Labute approximate surface area is 165 Å². The molecule has 1 N–H and O–H groups in total. The molecule has 2 aliphatic rings. The second kappa shape index (κ2) is 8.69. The lowest BCUT2D eigenvalue weighted by atomic mass is 9.73. The molecule has 6 heteroatoms. The highest BCUT2D eigenvalue weighted by molar-refractivity contribution is 5.88. The summed E-state index contributed by atoms with van der Waals surface area (Å²) in [6.45, 7) is 1.25. The number of carbonyl (C=O) groups excluding carboxylic acids is 1. The third-order valence-corrected chi connectivity index (χ3v) is 5.94. The topological polar surface area (TPSA) is 73.3 Å². The minimum Gasteiger partial charge on any atom is -0.473 e. The van der Waals surface area contributed by atoms with E-state index in [4.69, 9.17) is 9.47 Å². The van der Waals surface area contributed by atoms with E-state index in [1.54, 1.807) is 18.6 Å². The van der Waals surface area contributed by atoms with Crippen molar-refractivity contribution >= 4 is 5.91 Å². The quantitative estimate of drug-likeness (QED) is 0.862. The number of aromatic nitrogens is 2. The normalized spacial score (nSPS) is 24.3. The van der Waals surface area contributed by atoms with E-state index in [-0.39, 0.29) is 18.1 Å². The van der Waals surface area contributed by atoms with Crippen molar-refractivity contribution in [1.82, 2.24) is 15.3 Å². The van der Waals surface area contributed by atoms with E-state index in [1.807, 2.05) is 18.2 Å². The molecule has 6 nitrogen and oxygen atoms in total. The van der Waals surface area contributed by atoms with E-state index < -0.39 is 5.41 Å². The molecule has 1 aromatic heterocycles.